The van der Waals surface area contributed by atoms with Gasteiger partial charge in [-0.3, -0.25) is 4.99 Å². The third-order valence-electron chi connectivity index (χ3n) is 3.54. The zero-order valence-corrected chi connectivity index (χ0v) is 15.0. The van der Waals surface area contributed by atoms with E-state index in [-0.39, 0.29) is 0 Å². The molecule has 0 bridgehead atoms. The number of rotatable bonds is 6. The Balaban J connectivity index is 1.91. The first-order valence-electron chi connectivity index (χ1n) is 7.65. The molecule has 0 saturated heterocycles. The molecule has 1 heterocycles. The van der Waals surface area contributed by atoms with Gasteiger partial charge >= 0.3 is 0 Å². The van der Waals surface area contributed by atoms with E-state index in [1.165, 1.54) is 10.5 Å². The van der Waals surface area contributed by atoms with Gasteiger partial charge in [0.15, 0.2) is 11.7 Å². The van der Waals surface area contributed by atoms with Crippen LogP contribution < -0.4 is 5.32 Å². The molecule has 0 amide bonds. The molecule has 0 aliphatic carbocycles. The Morgan fingerprint density at radius 1 is 1.35 bits per heavy atom. The molecule has 0 unspecified atom stereocenters. The van der Waals surface area contributed by atoms with Crippen LogP contribution in [0.2, 0.25) is 0 Å². The minimum atomic E-state index is 0.579. The molecule has 0 atom stereocenters. The van der Waals surface area contributed by atoms with Crippen molar-refractivity contribution in [2.24, 2.45) is 4.99 Å². The number of benzene rings is 1. The predicted octanol–water partition coefficient (Wildman–Crippen LogP) is 3.17. The van der Waals surface area contributed by atoms with Crippen molar-refractivity contribution in [3.05, 3.63) is 47.3 Å². The van der Waals surface area contributed by atoms with Crippen molar-refractivity contribution < 1.29 is 4.52 Å². The van der Waals surface area contributed by atoms with E-state index in [0.717, 1.165) is 30.4 Å². The average molecular weight is 332 g/mol. The molecular formula is C17H24N4OS. The summed E-state index contributed by atoms with van der Waals surface area (Å²) in [6, 6.07) is 10.6. The molecule has 0 fully saturated rings. The molecule has 1 N–H and O–H groups in total. The topological polar surface area (TPSA) is 53.7 Å². The highest BCUT2D eigenvalue weighted by atomic mass is 32.2. The molecule has 2 aromatic rings. The Hall–Kier alpha value is -1.95. The molecular weight excluding hydrogens is 308 g/mol. The molecule has 0 aliphatic rings. The number of nitrogens with zero attached hydrogens (tertiary/aromatic N) is 3. The van der Waals surface area contributed by atoms with Crippen LogP contribution in [0, 0.1) is 0 Å². The maximum atomic E-state index is 5.29. The van der Waals surface area contributed by atoms with Crippen LogP contribution >= 0.6 is 11.8 Å². The van der Waals surface area contributed by atoms with Crippen LogP contribution in [0.25, 0.3) is 0 Å². The zero-order valence-electron chi connectivity index (χ0n) is 14.2. The van der Waals surface area contributed by atoms with Crippen molar-refractivity contribution in [2.45, 2.75) is 31.3 Å². The van der Waals surface area contributed by atoms with Crippen molar-refractivity contribution in [2.75, 3.05) is 20.4 Å². The summed E-state index contributed by atoms with van der Waals surface area (Å²) in [5.41, 5.74) is 2.22. The summed E-state index contributed by atoms with van der Waals surface area (Å²) in [4.78, 5) is 7.69. The summed E-state index contributed by atoms with van der Waals surface area (Å²) in [6.07, 6.45) is 2.96. The third kappa shape index (κ3) is 5.03. The first kappa shape index (κ1) is 17.4. The van der Waals surface area contributed by atoms with Gasteiger partial charge < -0.3 is 14.7 Å². The molecule has 0 radical (unpaired) electrons. The first-order chi connectivity index (χ1) is 11.2. The van der Waals surface area contributed by atoms with E-state index in [0.29, 0.717) is 6.54 Å². The van der Waals surface area contributed by atoms with Gasteiger partial charge in [-0.25, -0.2) is 0 Å². The van der Waals surface area contributed by atoms with E-state index in [4.69, 9.17) is 4.52 Å². The highest BCUT2D eigenvalue weighted by molar-refractivity contribution is 7.98. The van der Waals surface area contributed by atoms with E-state index in [1.54, 1.807) is 18.8 Å². The molecule has 0 aliphatic heterocycles. The van der Waals surface area contributed by atoms with Gasteiger partial charge in [-0.1, -0.05) is 24.2 Å². The Morgan fingerprint density at radius 2 is 2.09 bits per heavy atom. The maximum absolute atomic E-state index is 5.29. The molecule has 0 saturated carbocycles. The van der Waals surface area contributed by atoms with Crippen molar-refractivity contribution in [1.29, 1.82) is 0 Å². The van der Waals surface area contributed by atoms with E-state index in [2.05, 4.69) is 57.8 Å². The van der Waals surface area contributed by atoms with Gasteiger partial charge in [0.1, 0.15) is 0 Å². The largest absolute Gasteiger partial charge is 0.359 e. The van der Waals surface area contributed by atoms with Crippen LogP contribution in [0.15, 0.2) is 44.7 Å². The summed E-state index contributed by atoms with van der Waals surface area (Å²) in [5.74, 6) is 1.65. The fourth-order valence-electron chi connectivity index (χ4n) is 2.24. The Morgan fingerprint density at radius 3 is 2.65 bits per heavy atom. The summed E-state index contributed by atoms with van der Waals surface area (Å²) in [6.45, 7) is 3.43. The molecule has 1 aromatic heterocycles. The lowest BCUT2D eigenvalue weighted by atomic mass is 10.2. The summed E-state index contributed by atoms with van der Waals surface area (Å²) >= 11 is 1.75. The SMILES string of the molecule is CCc1cc(CNC(=NC)N(C)Cc2ccc(SC)cc2)on1. The molecule has 0 spiro atoms. The minimum Gasteiger partial charge on any atom is -0.359 e. The van der Waals surface area contributed by atoms with Crippen molar-refractivity contribution in [3.63, 3.8) is 0 Å². The van der Waals surface area contributed by atoms with E-state index in [1.807, 2.05) is 13.1 Å². The van der Waals surface area contributed by atoms with Gasteiger partial charge in [-0.2, -0.15) is 0 Å². The van der Waals surface area contributed by atoms with Crippen molar-refractivity contribution in [1.82, 2.24) is 15.4 Å². The Bertz CT molecular complexity index is 636. The van der Waals surface area contributed by atoms with Gasteiger partial charge in [-0.15, -0.1) is 11.8 Å². The fourth-order valence-corrected chi connectivity index (χ4v) is 2.64. The van der Waals surface area contributed by atoms with Gasteiger partial charge in [-0.05, 0) is 30.4 Å². The number of guanidine groups is 1. The number of aryl methyl sites for hydroxylation is 1. The third-order valence-corrected chi connectivity index (χ3v) is 4.29. The molecule has 23 heavy (non-hydrogen) atoms. The van der Waals surface area contributed by atoms with Gasteiger partial charge in [0.25, 0.3) is 0 Å². The number of hydrogen-bond acceptors (Lipinski definition) is 4. The average Bonchev–Trinajstić information content (AvgIpc) is 3.04. The standard InChI is InChI=1S/C17H24N4OS/c1-5-14-10-15(22-20-14)11-19-17(18-2)21(3)12-13-6-8-16(23-4)9-7-13/h6-10H,5,11-12H2,1-4H3,(H,18,19). The molecule has 124 valence electrons. The van der Waals surface area contributed by atoms with Crippen LogP contribution in [0.5, 0.6) is 0 Å². The molecule has 2 rings (SSSR count). The summed E-state index contributed by atoms with van der Waals surface area (Å²) in [7, 11) is 3.81. The molecule has 6 heteroatoms. The van der Waals surface area contributed by atoms with Crippen LogP contribution in [-0.2, 0) is 19.5 Å². The van der Waals surface area contributed by atoms with Crippen molar-refractivity contribution >= 4 is 17.7 Å². The second kappa shape index (κ2) is 8.62. The van der Waals surface area contributed by atoms with Crippen LogP contribution in [0.4, 0.5) is 0 Å². The highest BCUT2D eigenvalue weighted by Gasteiger charge is 2.09. The Kier molecular flexibility index (Phi) is 6.52. The first-order valence-corrected chi connectivity index (χ1v) is 8.88. The second-order valence-electron chi connectivity index (χ2n) is 5.24. The highest BCUT2D eigenvalue weighted by Crippen LogP contribution is 2.15. The maximum Gasteiger partial charge on any atom is 0.194 e. The second-order valence-corrected chi connectivity index (χ2v) is 6.12. The number of hydrogen-bond donors (Lipinski definition) is 1. The van der Waals surface area contributed by atoms with Crippen LogP contribution in [-0.4, -0.2) is 36.4 Å². The van der Waals surface area contributed by atoms with E-state index >= 15 is 0 Å². The summed E-state index contributed by atoms with van der Waals surface area (Å²) in [5, 5.41) is 7.30. The van der Waals surface area contributed by atoms with Gasteiger partial charge in [0, 0.05) is 31.6 Å². The van der Waals surface area contributed by atoms with Gasteiger partial charge in [0.05, 0.1) is 12.2 Å². The van der Waals surface area contributed by atoms with E-state index < -0.39 is 0 Å². The predicted molar refractivity (Wildman–Crippen MR) is 95.8 cm³/mol. The lowest BCUT2D eigenvalue weighted by molar-refractivity contribution is 0.371. The lowest BCUT2D eigenvalue weighted by Crippen LogP contribution is -2.37. The van der Waals surface area contributed by atoms with Crippen molar-refractivity contribution in [3.8, 4) is 0 Å². The van der Waals surface area contributed by atoms with E-state index in [9.17, 15) is 0 Å². The number of thioether (sulfide) groups is 1. The minimum absolute atomic E-state index is 0.579. The molecule has 5 nitrogen and oxygen atoms in total. The lowest BCUT2D eigenvalue weighted by Gasteiger charge is -2.21. The van der Waals surface area contributed by atoms with Crippen LogP contribution in [0.1, 0.15) is 23.9 Å². The molecule has 1 aromatic carbocycles. The zero-order chi connectivity index (χ0) is 16.7. The number of aliphatic imine (C=N–C) groups is 1. The fraction of sp³-hybridized carbons (Fsp3) is 0.412. The quantitative estimate of drug-likeness (QED) is 0.500. The summed E-state index contributed by atoms with van der Waals surface area (Å²) < 4.78 is 5.29. The number of nitrogens with one attached hydrogen (secondary N) is 1. The Labute approximate surface area is 142 Å². The normalized spacial score (nSPS) is 11.6. The monoisotopic (exact) mass is 332 g/mol. The van der Waals surface area contributed by atoms with Gasteiger partial charge in [0.2, 0.25) is 0 Å². The van der Waals surface area contributed by atoms with Crippen LogP contribution in [0.3, 0.4) is 0 Å². The smallest absolute Gasteiger partial charge is 0.194 e. The number of aromatic nitrogens is 1.